The molecule has 0 radical (unpaired) electrons. The van der Waals surface area contributed by atoms with E-state index in [1.165, 1.54) is 16.8 Å². The molecule has 1 aliphatic rings. The van der Waals surface area contributed by atoms with Gasteiger partial charge in [0.2, 0.25) is 5.43 Å². The van der Waals surface area contributed by atoms with E-state index in [1.54, 1.807) is 0 Å². The zero-order valence-electron chi connectivity index (χ0n) is 16.2. The number of amides is 1. The number of nitrogens with two attached hydrogens (primary N) is 1. The number of pyridine rings is 1. The topological polar surface area (TPSA) is 196 Å². The van der Waals surface area contributed by atoms with Crippen molar-refractivity contribution in [3.8, 4) is 16.5 Å². The monoisotopic (exact) mass is 475 g/mol. The van der Waals surface area contributed by atoms with Crippen LogP contribution < -0.4 is 21.8 Å². The molecule has 2 atom stereocenters. The lowest BCUT2D eigenvalue weighted by Gasteiger charge is -2.37. The molecule has 4 heterocycles. The maximum absolute atomic E-state index is 12.3. The van der Waals surface area contributed by atoms with Gasteiger partial charge >= 0.3 is 5.97 Å². The van der Waals surface area contributed by atoms with Gasteiger partial charge in [-0.05, 0) is 0 Å². The zero-order valence-corrected chi connectivity index (χ0v) is 17.9. The Balaban J connectivity index is 1.30. The van der Waals surface area contributed by atoms with E-state index in [0.29, 0.717) is 17.2 Å². The van der Waals surface area contributed by atoms with Crippen LogP contribution in [-0.4, -0.2) is 62.9 Å². The Morgan fingerprint density at radius 1 is 1.31 bits per heavy atom. The molecule has 1 fully saturated rings. The van der Waals surface area contributed by atoms with Crippen LogP contribution in [0, 0.1) is 5.41 Å². The Kier molecular flexibility index (Phi) is 5.98. The Morgan fingerprint density at radius 3 is 2.75 bits per heavy atom. The van der Waals surface area contributed by atoms with Crippen LogP contribution in [0.2, 0.25) is 0 Å². The van der Waals surface area contributed by atoms with E-state index in [9.17, 15) is 19.5 Å². The summed E-state index contributed by atoms with van der Waals surface area (Å²) in [7, 11) is 0. The molecule has 0 spiro atoms. The van der Waals surface area contributed by atoms with Gasteiger partial charge in [0.25, 0.3) is 5.91 Å². The van der Waals surface area contributed by atoms with Crippen LogP contribution in [-0.2, 0) is 9.53 Å². The summed E-state index contributed by atoms with van der Waals surface area (Å²) in [6, 6.07) is 0.550. The highest BCUT2D eigenvalue weighted by Gasteiger charge is 2.34. The third-order valence-electron chi connectivity index (χ3n) is 4.64. The molecule has 166 valence electrons. The fourth-order valence-corrected chi connectivity index (χ4v) is 4.13. The quantitative estimate of drug-likeness (QED) is 0.200. The summed E-state index contributed by atoms with van der Waals surface area (Å²) in [5.41, 5.74) is 5.32. The molecule has 3 aromatic heterocycles. The minimum atomic E-state index is -0.655. The van der Waals surface area contributed by atoms with E-state index < -0.39 is 23.1 Å². The van der Waals surface area contributed by atoms with E-state index in [2.05, 4.69) is 25.6 Å². The highest BCUT2D eigenvalue weighted by atomic mass is 32.1. The number of aromatic amines is 1. The Morgan fingerprint density at radius 2 is 2.09 bits per heavy atom. The van der Waals surface area contributed by atoms with Crippen molar-refractivity contribution in [2.24, 2.45) is 0 Å². The first kappa shape index (κ1) is 21.6. The molecule has 0 aliphatic carbocycles. The summed E-state index contributed by atoms with van der Waals surface area (Å²) in [5, 5.41) is 26.7. The number of hydrogen-bond acceptors (Lipinski definition) is 12. The molecular weight excluding hydrogens is 458 g/mol. The highest BCUT2D eigenvalue weighted by Crippen LogP contribution is 2.22. The summed E-state index contributed by atoms with van der Waals surface area (Å²) in [6.45, 7) is 0.458. The number of esters is 1. The predicted octanol–water partition coefficient (Wildman–Crippen LogP) is -0.0758. The number of hydrogen-bond donors (Lipinski definition) is 6. The van der Waals surface area contributed by atoms with E-state index in [0.717, 1.165) is 28.9 Å². The van der Waals surface area contributed by atoms with Crippen molar-refractivity contribution in [3.63, 3.8) is 0 Å². The number of nitrogens with zero attached hydrogens (tertiary/aromatic N) is 2. The molecule has 0 bridgehead atoms. The van der Waals surface area contributed by atoms with Crippen LogP contribution in [0.3, 0.4) is 0 Å². The Bertz CT molecular complexity index is 1250. The van der Waals surface area contributed by atoms with Gasteiger partial charge < -0.3 is 31.2 Å². The molecule has 7 N–H and O–H groups in total. The van der Waals surface area contributed by atoms with Gasteiger partial charge in [0.05, 0.1) is 17.8 Å². The number of H-pyrrole nitrogens is 1. The summed E-state index contributed by atoms with van der Waals surface area (Å²) >= 11 is 2.28. The van der Waals surface area contributed by atoms with E-state index >= 15 is 0 Å². The molecule has 1 saturated heterocycles. The summed E-state index contributed by atoms with van der Waals surface area (Å²) in [6.07, 6.45) is 1.15. The second kappa shape index (κ2) is 8.86. The number of aromatic nitrogens is 3. The van der Waals surface area contributed by atoms with Crippen molar-refractivity contribution in [1.29, 1.82) is 5.41 Å². The number of aromatic hydroxyl groups is 1. The van der Waals surface area contributed by atoms with Crippen molar-refractivity contribution in [1.82, 2.24) is 25.6 Å². The normalized spacial score (nSPS) is 17.4. The molecule has 0 aromatic carbocycles. The lowest BCUT2D eigenvalue weighted by molar-refractivity contribution is -0.116. The van der Waals surface area contributed by atoms with Crippen molar-refractivity contribution in [2.75, 3.05) is 18.9 Å². The lowest BCUT2D eigenvalue weighted by Crippen LogP contribution is -2.67. The minimum absolute atomic E-state index is 0.0103. The molecule has 3 aromatic rings. The first-order valence-corrected chi connectivity index (χ1v) is 11.0. The van der Waals surface area contributed by atoms with Gasteiger partial charge in [-0.25, -0.2) is 14.8 Å². The van der Waals surface area contributed by atoms with Gasteiger partial charge in [-0.1, -0.05) is 0 Å². The predicted molar refractivity (Wildman–Crippen MR) is 117 cm³/mol. The number of ether oxygens (including phenoxy) is 1. The smallest absolute Gasteiger partial charge is 0.357 e. The third-order valence-corrected chi connectivity index (χ3v) is 6.19. The van der Waals surface area contributed by atoms with Gasteiger partial charge in [0.1, 0.15) is 23.0 Å². The number of carbonyl (C=O) groups is 2. The van der Waals surface area contributed by atoms with Crippen molar-refractivity contribution in [2.45, 2.75) is 12.1 Å². The highest BCUT2D eigenvalue weighted by molar-refractivity contribution is 7.13. The molecule has 14 heteroatoms. The molecular formula is C18H17N7O5S2. The van der Waals surface area contributed by atoms with Gasteiger partial charge in [-0.2, -0.15) is 0 Å². The summed E-state index contributed by atoms with van der Waals surface area (Å²) in [5.74, 6) is -1.66. The van der Waals surface area contributed by atoms with Gasteiger partial charge in [0.15, 0.2) is 16.6 Å². The standard InChI is InChI=1S/C18H17N7O5S2/c19-14(10-5-32-18(20)25-10)15(28)23-8-2-21-9(8)4-30-17(29)11-6-31-16(24-11)7-1-12(26)13(27)3-22-7/h1,3,5-6,8-9,19,21,27H,2,4H2,(H2,20,25)(H,22,26)(H,23,28). The van der Waals surface area contributed by atoms with Crippen LogP contribution in [0.1, 0.15) is 16.2 Å². The van der Waals surface area contributed by atoms with Crippen LogP contribution in [0.5, 0.6) is 5.75 Å². The average Bonchev–Trinajstić information content (AvgIpc) is 3.42. The number of nitrogens with one attached hydrogen (secondary N) is 4. The molecule has 2 unspecified atom stereocenters. The molecule has 12 nitrogen and oxygen atoms in total. The first-order valence-electron chi connectivity index (χ1n) is 9.20. The summed E-state index contributed by atoms with van der Waals surface area (Å²) in [4.78, 5) is 46.9. The average molecular weight is 476 g/mol. The molecule has 4 rings (SSSR count). The molecule has 1 amide bonds. The fraction of sp³-hybridized carbons (Fsp3) is 0.222. The fourth-order valence-electron chi connectivity index (χ4n) is 2.81. The maximum Gasteiger partial charge on any atom is 0.357 e. The van der Waals surface area contributed by atoms with Crippen LogP contribution in [0.15, 0.2) is 27.8 Å². The lowest BCUT2D eigenvalue weighted by atomic mass is 10.0. The number of carbonyl (C=O) groups excluding carboxylic acids is 2. The molecule has 1 aliphatic heterocycles. The number of anilines is 1. The minimum Gasteiger partial charge on any atom is -0.503 e. The second-order valence-corrected chi connectivity index (χ2v) is 8.52. The SMILES string of the molecule is N=C(C(=O)NC1CNC1COC(=O)c1csc(-c2cc(=O)c(O)c[nH]2)n1)c1csc(N)n1. The van der Waals surface area contributed by atoms with Crippen LogP contribution >= 0.6 is 22.7 Å². The summed E-state index contributed by atoms with van der Waals surface area (Å²) < 4.78 is 5.28. The van der Waals surface area contributed by atoms with Gasteiger partial charge in [-0.3, -0.25) is 15.0 Å². The van der Waals surface area contributed by atoms with Crippen LogP contribution in [0.25, 0.3) is 10.7 Å². The molecule has 32 heavy (non-hydrogen) atoms. The van der Waals surface area contributed by atoms with Crippen LogP contribution in [0.4, 0.5) is 5.13 Å². The van der Waals surface area contributed by atoms with Crippen molar-refractivity contribution < 1.29 is 19.4 Å². The van der Waals surface area contributed by atoms with Gasteiger partial charge in [0, 0.05) is 29.6 Å². The zero-order chi connectivity index (χ0) is 22.8. The Hall–Kier alpha value is -3.62. The first-order chi connectivity index (χ1) is 15.3. The maximum atomic E-state index is 12.3. The van der Waals surface area contributed by atoms with E-state index in [1.807, 2.05) is 0 Å². The third kappa shape index (κ3) is 4.51. The second-order valence-electron chi connectivity index (χ2n) is 6.77. The largest absolute Gasteiger partial charge is 0.503 e. The van der Waals surface area contributed by atoms with Crippen molar-refractivity contribution in [3.05, 3.63) is 44.6 Å². The van der Waals surface area contributed by atoms with Gasteiger partial charge in [-0.15, -0.1) is 22.7 Å². The number of rotatable bonds is 7. The Labute approximate surface area is 188 Å². The molecule has 0 saturated carbocycles. The van der Waals surface area contributed by atoms with E-state index in [4.69, 9.17) is 15.9 Å². The number of nitrogen functional groups attached to an aromatic ring is 1. The van der Waals surface area contributed by atoms with Crippen molar-refractivity contribution >= 4 is 45.4 Å². The number of thiazole rings is 2. The van der Waals surface area contributed by atoms with E-state index in [-0.39, 0.29) is 40.9 Å².